The van der Waals surface area contributed by atoms with Gasteiger partial charge in [0.2, 0.25) is 0 Å². The highest BCUT2D eigenvalue weighted by Gasteiger charge is 2.06. The Kier molecular flexibility index (Phi) is 4.15. The summed E-state index contributed by atoms with van der Waals surface area (Å²) in [6.45, 7) is 2.77. The van der Waals surface area contributed by atoms with Gasteiger partial charge in [0.05, 0.1) is 6.61 Å². The zero-order chi connectivity index (χ0) is 9.68. The van der Waals surface area contributed by atoms with Crippen LogP contribution in [-0.4, -0.2) is 23.3 Å². The quantitative estimate of drug-likeness (QED) is 0.756. The Morgan fingerprint density at radius 2 is 2.38 bits per heavy atom. The molecule has 1 aromatic rings. The van der Waals surface area contributed by atoms with Crippen LogP contribution < -0.4 is 0 Å². The summed E-state index contributed by atoms with van der Waals surface area (Å²) in [6.07, 6.45) is 0.927. The van der Waals surface area contributed by atoms with Crippen molar-refractivity contribution in [2.75, 3.05) is 13.2 Å². The Labute approximate surface area is 82.3 Å². The van der Waals surface area contributed by atoms with Gasteiger partial charge in [-0.2, -0.15) is 0 Å². The van der Waals surface area contributed by atoms with Crippen molar-refractivity contribution in [2.45, 2.75) is 13.0 Å². The first kappa shape index (κ1) is 10.4. The molecule has 0 aliphatic heterocycles. The summed E-state index contributed by atoms with van der Waals surface area (Å²) >= 11 is 5.60. The molecule has 1 rings (SSSR count). The number of ether oxygens (including phenoxy) is 1. The third-order valence-corrected chi connectivity index (χ3v) is 1.84. The molecule has 72 valence electrons. The first-order chi connectivity index (χ1) is 6.24. The average molecular weight is 202 g/mol. The van der Waals surface area contributed by atoms with Crippen LogP contribution >= 0.6 is 11.6 Å². The number of aliphatic hydroxyl groups excluding tert-OH is 1. The van der Waals surface area contributed by atoms with E-state index in [-0.39, 0.29) is 0 Å². The van der Waals surface area contributed by atoms with Crippen molar-refractivity contribution in [3.8, 4) is 0 Å². The lowest BCUT2D eigenvalue weighted by Crippen LogP contribution is -2.07. The molecule has 0 bridgehead atoms. The van der Waals surface area contributed by atoms with Crippen LogP contribution in [-0.2, 0) is 4.74 Å². The first-order valence-electron chi connectivity index (χ1n) is 4.11. The topological polar surface area (TPSA) is 42.4 Å². The highest BCUT2D eigenvalue weighted by atomic mass is 35.5. The van der Waals surface area contributed by atoms with Crippen LogP contribution in [0.5, 0.6) is 0 Å². The molecule has 0 saturated heterocycles. The molecule has 0 aromatic carbocycles. The second kappa shape index (κ2) is 5.17. The zero-order valence-electron chi connectivity index (χ0n) is 7.40. The van der Waals surface area contributed by atoms with Crippen LogP contribution in [0.15, 0.2) is 18.3 Å². The lowest BCUT2D eigenvalue weighted by molar-refractivity contribution is 0.0418. The summed E-state index contributed by atoms with van der Waals surface area (Å²) < 4.78 is 5.07. The maximum Gasteiger partial charge on any atom is 0.129 e. The SMILES string of the molecule is CCOCC(O)c1ccc(Cl)nc1. The third kappa shape index (κ3) is 3.30. The molecule has 1 heterocycles. The van der Waals surface area contributed by atoms with Gasteiger partial charge >= 0.3 is 0 Å². The Hall–Kier alpha value is -0.640. The van der Waals surface area contributed by atoms with E-state index in [2.05, 4.69) is 4.98 Å². The second-order valence-electron chi connectivity index (χ2n) is 2.59. The van der Waals surface area contributed by atoms with E-state index in [1.807, 2.05) is 6.92 Å². The van der Waals surface area contributed by atoms with Gasteiger partial charge in [0.15, 0.2) is 0 Å². The normalized spacial score (nSPS) is 12.8. The highest BCUT2D eigenvalue weighted by Crippen LogP contribution is 2.13. The van der Waals surface area contributed by atoms with E-state index in [0.29, 0.717) is 18.4 Å². The van der Waals surface area contributed by atoms with Gasteiger partial charge in [-0.15, -0.1) is 0 Å². The van der Waals surface area contributed by atoms with E-state index in [1.54, 1.807) is 18.3 Å². The molecule has 1 unspecified atom stereocenters. The molecule has 0 aliphatic carbocycles. The van der Waals surface area contributed by atoms with E-state index >= 15 is 0 Å². The van der Waals surface area contributed by atoms with Gasteiger partial charge in [0.1, 0.15) is 11.3 Å². The fourth-order valence-corrected chi connectivity index (χ4v) is 1.02. The zero-order valence-corrected chi connectivity index (χ0v) is 8.16. The minimum Gasteiger partial charge on any atom is -0.386 e. The van der Waals surface area contributed by atoms with Crippen molar-refractivity contribution in [1.82, 2.24) is 4.98 Å². The number of aromatic nitrogens is 1. The fourth-order valence-electron chi connectivity index (χ4n) is 0.910. The lowest BCUT2D eigenvalue weighted by atomic mass is 10.2. The van der Waals surface area contributed by atoms with Crippen LogP contribution in [0.2, 0.25) is 5.15 Å². The Balaban J connectivity index is 2.55. The van der Waals surface area contributed by atoms with Crippen LogP contribution in [0.4, 0.5) is 0 Å². The number of rotatable bonds is 4. The molecule has 1 N–H and O–H groups in total. The maximum absolute atomic E-state index is 9.53. The predicted octanol–water partition coefficient (Wildman–Crippen LogP) is 1.80. The Morgan fingerprint density at radius 3 is 2.92 bits per heavy atom. The molecule has 0 radical (unpaired) electrons. The molecular formula is C9H12ClNO2. The molecule has 13 heavy (non-hydrogen) atoms. The molecule has 4 heteroatoms. The Bertz CT molecular complexity index is 250. The number of pyridine rings is 1. The van der Waals surface area contributed by atoms with Crippen molar-refractivity contribution in [2.24, 2.45) is 0 Å². The number of hydrogen-bond acceptors (Lipinski definition) is 3. The minimum atomic E-state index is -0.621. The summed E-state index contributed by atoms with van der Waals surface area (Å²) in [5.74, 6) is 0. The van der Waals surface area contributed by atoms with Gasteiger partial charge in [-0.1, -0.05) is 17.7 Å². The smallest absolute Gasteiger partial charge is 0.129 e. The lowest BCUT2D eigenvalue weighted by Gasteiger charge is -2.09. The Morgan fingerprint density at radius 1 is 1.62 bits per heavy atom. The van der Waals surface area contributed by atoms with E-state index in [0.717, 1.165) is 5.56 Å². The number of aliphatic hydroxyl groups is 1. The van der Waals surface area contributed by atoms with Gasteiger partial charge in [0.25, 0.3) is 0 Å². The molecule has 0 fully saturated rings. The number of hydrogen-bond donors (Lipinski definition) is 1. The summed E-state index contributed by atoms with van der Waals surface area (Å²) in [6, 6.07) is 3.38. The van der Waals surface area contributed by atoms with Crippen molar-refractivity contribution < 1.29 is 9.84 Å². The average Bonchev–Trinajstić information content (AvgIpc) is 2.15. The third-order valence-electron chi connectivity index (χ3n) is 1.61. The molecule has 0 spiro atoms. The van der Waals surface area contributed by atoms with Crippen LogP contribution in [0.25, 0.3) is 0 Å². The monoisotopic (exact) mass is 201 g/mol. The molecule has 0 amide bonds. The standard InChI is InChI=1S/C9H12ClNO2/c1-2-13-6-8(12)7-3-4-9(10)11-5-7/h3-5,8,12H,2,6H2,1H3. The van der Waals surface area contributed by atoms with Gasteiger partial charge in [-0.05, 0) is 13.0 Å². The van der Waals surface area contributed by atoms with Crippen molar-refractivity contribution in [1.29, 1.82) is 0 Å². The van der Waals surface area contributed by atoms with E-state index in [9.17, 15) is 5.11 Å². The van der Waals surface area contributed by atoms with Gasteiger partial charge in [-0.3, -0.25) is 0 Å². The molecule has 0 saturated carbocycles. The molecule has 1 aromatic heterocycles. The van der Waals surface area contributed by atoms with Crippen LogP contribution in [0.3, 0.4) is 0 Å². The van der Waals surface area contributed by atoms with Gasteiger partial charge < -0.3 is 9.84 Å². The predicted molar refractivity (Wildman–Crippen MR) is 50.7 cm³/mol. The molecule has 1 atom stereocenters. The van der Waals surface area contributed by atoms with Crippen molar-refractivity contribution in [3.05, 3.63) is 29.0 Å². The van der Waals surface area contributed by atoms with E-state index < -0.39 is 6.10 Å². The van der Waals surface area contributed by atoms with Gasteiger partial charge in [-0.25, -0.2) is 4.98 Å². The first-order valence-corrected chi connectivity index (χ1v) is 4.49. The van der Waals surface area contributed by atoms with Crippen molar-refractivity contribution >= 4 is 11.6 Å². The summed E-state index contributed by atoms with van der Waals surface area (Å²) in [5.41, 5.74) is 0.720. The van der Waals surface area contributed by atoms with Gasteiger partial charge in [0, 0.05) is 18.4 Å². The van der Waals surface area contributed by atoms with Crippen molar-refractivity contribution in [3.63, 3.8) is 0 Å². The summed E-state index contributed by atoms with van der Waals surface area (Å²) in [4.78, 5) is 3.86. The fraction of sp³-hybridized carbons (Fsp3) is 0.444. The highest BCUT2D eigenvalue weighted by molar-refractivity contribution is 6.29. The largest absolute Gasteiger partial charge is 0.386 e. The molecule has 0 aliphatic rings. The minimum absolute atomic E-state index is 0.291. The molecule has 3 nitrogen and oxygen atoms in total. The summed E-state index contributed by atoms with van der Waals surface area (Å²) in [5, 5.41) is 9.96. The second-order valence-corrected chi connectivity index (χ2v) is 2.98. The maximum atomic E-state index is 9.53. The summed E-state index contributed by atoms with van der Waals surface area (Å²) in [7, 11) is 0. The number of halogens is 1. The molecular weight excluding hydrogens is 190 g/mol. The van der Waals surface area contributed by atoms with E-state index in [1.165, 1.54) is 0 Å². The van der Waals surface area contributed by atoms with E-state index in [4.69, 9.17) is 16.3 Å². The van der Waals surface area contributed by atoms with Crippen LogP contribution in [0.1, 0.15) is 18.6 Å². The number of nitrogens with zero attached hydrogens (tertiary/aromatic N) is 1. The van der Waals surface area contributed by atoms with Crippen LogP contribution in [0, 0.1) is 0 Å².